The third kappa shape index (κ3) is 5.80. The fourth-order valence-corrected chi connectivity index (χ4v) is 3.17. The summed E-state index contributed by atoms with van der Waals surface area (Å²) in [6.07, 6.45) is 6.30. The monoisotopic (exact) mass is 283 g/mol. The van der Waals surface area contributed by atoms with Crippen molar-refractivity contribution in [3.8, 4) is 0 Å². The van der Waals surface area contributed by atoms with Crippen LogP contribution in [0.5, 0.6) is 0 Å². The van der Waals surface area contributed by atoms with Gasteiger partial charge in [0.05, 0.1) is 0 Å². The first-order valence-corrected chi connectivity index (χ1v) is 8.34. The number of hydrogen-bond acceptors (Lipinski definition) is 3. The van der Waals surface area contributed by atoms with E-state index in [1.807, 2.05) is 6.92 Å². The van der Waals surface area contributed by atoms with Gasteiger partial charge in [-0.2, -0.15) is 0 Å². The summed E-state index contributed by atoms with van der Waals surface area (Å²) >= 11 is 0. The second kappa shape index (κ2) is 9.35. The molecule has 0 aliphatic carbocycles. The molecular weight excluding hydrogens is 250 g/mol. The van der Waals surface area contributed by atoms with Crippen molar-refractivity contribution in [1.82, 2.24) is 10.2 Å². The molecule has 1 fully saturated rings. The number of rotatable bonds is 9. The quantitative estimate of drug-likeness (QED) is 0.681. The van der Waals surface area contributed by atoms with Crippen LogP contribution >= 0.6 is 0 Å². The molecule has 1 aliphatic rings. The Labute approximate surface area is 124 Å². The summed E-state index contributed by atoms with van der Waals surface area (Å²) in [4.78, 5) is 14.5. The van der Waals surface area contributed by atoms with Gasteiger partial charge < -0.3 is 11.1 Å². The molecule has 1 aliphatic heterocycles. The lowest BCUT2D eigenvalue weighted by atomic mass is 9.93. The maximum Gasteiger partial charge on any atom is 0.220 e. The standard InChI is InChI=1S/C16H33N3O/c1-4-14(5-2)15(19-10-6-7-11-19)12-18-16(20)9-8-13(3)17/h13-15H,4-12,17H2,1-3H3,(H,18,20). The van der Waals surface area contributed by atoms with Gasteiger partial charge in [-0.15, -0.1) is 0 Å². The molecule has 0 saturated carbocycles. The lowest BCUT2D eigenvalue weighted by molar-refractivity contribution is -0.121. The Morgan fingerprint density at radius 2 is 1.85 bits per heavy atom. The molecule has 2 unspecified atom stereocenters. The molecular formula is C16H33N3O. The first-order valence-electron chi connectivity index (χ1n) is 8.34. The van der Waals surface area contributed by atoms with Gasteiger partial charge in [0, 0.05) is 25.0 Å². The van der Waals surface area contributed by atoms with Crippen LogP contribution in [0.1, 0.15) is 59.3 Å². The molecule has 0 aromatic rings. The molecule has 1 rings (SSSR count). The molecule has 118 valence electrons. The van der Waals surface area contributed by atoms with Gasteiger partial charge in [0.15, 0.2) is 0 Å². The first-order chi connectivity index (χ1) is 9.58. The van der Waals surface area contributed by atoms with Crippen molar-refractivity contribution in [2.45, 2.75) is 71.4 Å². The number of carbonyl (C=O) groups is 1. The first kappa shape index (κ1) is 17.4. The normalized spacial score (nSPS) is 19.2. The summed E-state index contributed by atoms with van der Waals surface area (Å²) in [7, 11) is 0. The number of likely N-dealkylation sites (tertiary alicyclic amines) is 1. The van der Waals surface area contributed by atoms with Gasteiger partial charge in [0.25, 0.3) is 0 Å². The minimum Gasteiger partial charge on any atom is -0.355 e. The molecule has 1 saturated heterocycles. The van der Waals surface area contributed by atoms with Crippen molar-refractivity contribution >= 4 is 5.91 Å². The van der Waals surface area contributed by atoms with E-state index in [9.17, 15) is 4.79 Å². The van der Waals surface area contributed by atoms with E-state index in [0.717, 1.165) is 13.0 Å². The minimum absolute atomic E-state index is 0.106. The molecule has 0 bridgehead atoms. The molecule has 2 atom stereocenters. The van der Waals surface area contributed by atoms with Crippen molar-refractivity contribution < 1.29 is 4.79 Å². The number of hydrogen-bond donors (Lipinski definition) is 2. The van der Waals surface area contributed by atoms with Crippen LogP contribution < -0.4 is 11.1 Å². The topological polar surface area (TPSA) is 58.4 Å². The third-order valence-corrected chi connectivity index (χ3v) is 4.54. The Kier molecular flexibility index (Phi) is 8.15. The van der Waals surface area contributed by atoms with Gasteiger partial charge >= 0.3 is 0 Å². The molecule has 1 amide bonds. The van der Waals surface area contributed by atoms with Crippen LogP contribution in [0, 0.1) is 5.92 Å². The smallest absolute Gasteiger partial charge is 0.220 e. The van der Waals surface area contributed by atoms with E-state index < -0.39 is 0 Å². The van der Waals surface area contributed by atoms with E-state index >= 15 is 0 Å². The third-order valence-electron chi connectivity index (χ3n) is 4.54. The average molecular weight is 283 g/mol. The fourth-order valence-electron chi connectivity index (χ4n) is 3.17. The number of carbonyl (C=O) groups excluding carboxylic acids is 1. The van der Waals surface area contributed by atoms with Gasteiger partial charge in [-0.25, -0.2) is 0 Å². The van der Waals surface area contributed by atoms with Crippen molar-refractivity contribution in [3.05, 3.63) is 0 Å². The molecule has 4 heteroatoms. The van der Waals surface area contributed by atoms with Crippen LogP contribution in [0.25, 0.3) is 0 Å². The molecule has 1 heterocycles. The zero-order valence-corrected chi connectivity index (χ0v) is 13.5. The maximum absolute atomic E-state index is 11.9. The molecule has 0 spiro atoms. The van der Waals surface area contributed by atoms with Crippen LogP contribution in [0.15, 0.2) is 0 Å². The second-order valence-corrected chi connectivity index (χ2v) is 6.21. The van der Waals surface area contributed by atoms with Gasteiger partial charge in [-0.05, 0) is 45.2 Å². The van der Waals surface area contributed by atoms with Gasteiger partial charge in [0.1, 0.15) is 0 Å². The molecule has 20 heavy (non-hydrogen) atoms. The van der Waals surface area contributed by atoms with Crippen LogP contribution in [0.4, 0.5) is 0 Å². The van der Waals surface area contributed by atoms with Gasteiger partial charge in [-0.1, -0.05) is 26.7 Å². The summed E-state index contributed by atoms with van der Waals surface area (Å²) in [5, 5.41) is 3.13. The number of nitrogens with two attached hydrogens (primary N) is 1. The molecule has 3 N–H and O–H groups in total. The summed E-state index contributed by atoms with van der Waals surface area (Å²) in [5.74, 6) is 0.833. The van der Waals surface area contributed by atoms with Crippen molar-refractivity contribution in [1.29, 1.82) is 0 Å². The highest BCUT2D eigenvalue weighted by Crippen LogP contribution is 2.22. The largest absolute Gasteiger partial charge is 0.355 e. The van der Waals surface area contributed by atoms with E-state index in [1.54, 1.807) is 0 Å². The Bertz CT molecular complexity index is 269. The molecule has 4 nitrogen and oxygen atoms in total. The molecule has 0 aromatic carbocycles. The number of nitrogens with zero attached hydrogens (tertiary/aromatic N) is 1. The van der Waals surface area contributed by atoms with Crippen LogP contribution in [0.2, 0.25) is 0 Å². The highest BCUT2D eigenvalue weighted by atomic mass is 16.1. The van der Waals surface area contributed by atoms with Crippen LogP contribution in [0.3, 0.4) is 0 Å². The fraction of sp³-hybridized carbons (Fsp3) is 0.938. The van der Waals surface area contributed by atoms with Gasteiger partial charge in [0.2, 0.25) is 5.91 Å². The SMILES string of the molecule is CCC(CC)C(CNC(=O)CCC(C)N)N1CCCC1. The Morgan fingerprint density at radius 1 is 1.25 bits per heavy atom. The Hall–Kier alpha value is -0.610. The van der Waals surface area contributed by atoms with Gasteiger partial charge in [-0.3, -0.25) is 9.69 Å². The van der Waals surface area contributed by atoms with E-state index in [-0.39, 0.29) is 11.9 Å². The zero-order chi connectivity index (χ0) is 15.0. The molecule has 0 radical (unpaired) electrons. The van der Waals surface area contributed by atoms with E-state index in [4.69, 9.17) is 5.73 Å². The number of amides is 1. The number of nitrogens with one attached hydrogen (secondary N) is 1. The van der Waals surface area contributed by atoms with Crippen molar-refractivity contribution in [2.24, 2.45) is 11.7 Å². The van der Waals surface area contributed by atoms with Crippen LogP contribution in [-0.2, 0) is 4.79 Å². The summed E-state index contributed by atoms with van der Waals surface area (Å²) in [6.45, 7) is 9.65. The summed E-state index contributed by atoms with van der Waals surface area (Å²) < 4.78 is 0. The second-order valence-electron chi connectivity index (χ2n) is 6.21. The maximum atomic E-state index is 11.9. The zero-order valence-electron chi connectivity index (χ0n) is 13.5. The van der Waals surface area contributed by atoms with E-state index in [2.05, 4.69) is 24.1 Å². The van der Waals surface area contributed by atoms with E-state index in [0.29, 0.717) is 18.4 Å². The van der Waals surface area contributed by atoms with Crippen LogP contribution in [-0.4, -0.2) is 42.5 Å². The Morgan fingerprint density at radius 3 is 2.35 bits per heavy atom. The van der Waals surface area contributed by atoms with Crippen molar-refractivity contribution in [2.75, 3.05) is 19.6 Å². The highest BCUT2D eigenvalue weighted by molar-refractivity contribution is 5.75. The highest BCUT2D eigenvalue weighted by Gasteiger charge is 2.27. The minimum atomic E-state index is 0.106. The predicted octanol–water partition coefficient (Wildman–Crippen LogP) is 2.13. The summed E-state index contributed by atoms with van der Waals surface area (Å²) in [5.41, 5.74) is 5.70. The lowest BCUT2D eigenvalue weighted by Gasteiger charge is -2.34. The lowest BCUT2D eigenvalue weighted by Crippen LogP contribution is -2.47. The van der Waals surface area contributed by atoms with E-state index in [1.165, 1.54) is 38.8 Å². The Balaban J connectivity index is 2.45. The predicted molar refractivity (Wildman–Crippen MR) is 84.6 cm³/mol. The average Bonchev–Trinajstić information content (AvgIpc) is 2.94. The summed E-state index contributed by atoms with van der Waals surface area (Å²) in [6, 6.07) is 0.612. The molecule has 0 aromatic heterocycles. The van der Waals surface area contributed by atoms with Crippen molar-refractivity contribution in [3.63, 3.8) is 0 Å².